The second-order valence-corrected chi connectivity index (χ2v) is 9.46. The highest BCUT2D eigenvalue weighted by molar-refractivity contribution is 7.22. The van der Waals surface area contributed by atoms with Crippen molar-refractivity contribution in [1.29, 1.82) is 0 Å². The molecule has 3 rings (SSSR count). The number of carbonyl (C=O) groups is 1. The van der Waals surface area contributed by atoms with Crippen molar-refractivity contribution in [3.05, 3.63) is 44.1 Å². The van der Waals surface area contributed by atoms with E-state index in [0.29, 0.717) is 27.5 Å². The Morgan fingerprint density at radius 2 is 1.85 bits per heavy atom. The van der Waals surface area contributed by atoms with E-state index in [1.165, 1.54) is 22.7 Å². The molecule has 0 N–H and O–H groups in total. The van der Waals surface area contributed by atoms with E-state index in [2.05, 4.69) is 4.90 Å². The predicted octanol–water partition coefficient (Wildman–Crippen LogP) is 5.53. The van der Waals surface area contributed by atoms with Gasteiger partial charge in [0, 0.05) is 23.0 Å². The number of thiazole rings is 1. The lowest BCUT2D eigenvalue weighted by atomic mass is 10.2. The summed E-state index contributed by atoms with van der Waals surface area (Å²) < 4.78 is 1.72. The van der Waals surface area contributed by atoms with Gasteiger partial charge in [0.1, 0.15) is 0 Å². The third-order valence-corrected chi connectivity index (χ3v) is 6.68. The Balaban J connectivity index is 0.00000261. The van der Waals surface area contributed by atoms with Crippen LogP contribution in [0.25, 0.3) is 10.2 Å². The van der Waals surface area contributed by atoms with Gasteiger partial charge in [-0.15, -0.1) is 23.7 Å². The maximum Gasteiger partial charge on any atom is 0.234 e. The number of nitrogens with zero attached hydrogens (tertiary/aromatic N) is 3. The van der Waals surface area contributed by atoms with Crippen LogP contribution < -0.4 is 4.90 Å². The summed E-state index contributed by atoms with van der Waals surface area (Å²) in [6, 6.07) is 7.56. The maximum absolute atomic E-state index is 13.0. The van der Waals surface area contributed by atoms with E-state index in [9.17, 15) is 4.79 Å². The Hall–Kier alpha value is -0.890. The second-order valence-electron chi connectivity index (χ2n) is 6.25. The van der Waals surface area contributed by atoms with Crippen LogP contribution >= 0.6 is 58.3 Å². The van der Waals surface area contributed by atoms with Crippen molar-refractivity contribution in [2.45, 2.75) is 13.3 Å². The lowest BCUT2D eigenvalue weighted by molar-refractivity contribution is -0.118. The fourth-order valence-electron chi connectivity index (χ4n) is 2.52. The van der Waals surface area contributed by atoms with E-state index in [0.717, 1.165) is 27.2 Å². The van der Waals surface area contributed by atoms with E-state index in [1.54, 1.807) is 4.90 Å². The summed E-state index contributed by atoms with van der Waals surface area (Å²) in [7, 11) is 3.98. The topological polar surface area (TPSA) is 36.4 Å². The molecule has 2 aromatic heterocycles. The van der Waals surface area contributed by atoms with Crippen LogP contribution in [-0.4, -0.2) is 43.0 Å². The van der Waals surface area contributed by atoms with Gasteiger partial charge in [-0.25, -0.2) is 4.98 Å². The number of thiophene rings is 1. The molecule has 0 aliphatic heterocycles. The zero-order chi connectivity index (χ0) is 18.8. The number of carbonyl (C=O) groups excluding carboxylic acids is 1. The number of likely N-dealkylation sites (N-methyl/N-ethyl adjacent to an activating group) is 1. The van der Waals surface area contributed by atoms with E-state index in [1.807, 2.05) is 45.3 Å². The van der Waals surface area contributed by atoms with Crippen molar-refractivity contribution in [2.24, 2.45) is 0 Å². The molecule has 0 saturated heterocycles. The van der Waals surface area contributed by atoms with Gasteiger partial charge in [0.15, 0.2) is 5.13 Å². The van der Waals surface area contributed by atoms with Gasteiger partial charge in [0.2, 0.25) is 5.91 Å². The zero-order valence-electron chi connectivity index (χ0n) is 15.2. The third-order valence-electron chi connectivity index (χ3n) is 3.99. The normalized spacial score (nSPS) is 11.0. The van der Waals surface area contributed by atoms with Gasteiger partial charge < -0.3 is 4.90 Å². The highest BCUT2D eigenvalue weighted by Crippen LogP contribution is 2.34. The first kappa shape index (κ1) is 22.4. The molecule has 1 amide bonds. The minimum absolute atomic E-state index is 0. The predicted molar refractivity (Wildman–Crippen MR) is 121 cm³/mol. The number of hydrogen-bond donors (Lipinski definition) is 0. The Morgan fingerprint density at radius 3 is 2.48 bits per heavy atom. The molecule has 0 atom stereocenters. The monoisotopic (exact) mass is 463 g/mol. The van der Waals surface area contributed by atoms with Gasteiger partial charge in [-0.3, -0.25) is 9.69 Å². The average Bonchev–Trinajstić information content (AvgIpc) is 3.18. The Kier molecular flexibility index (Phi) is 7.92. The van der Waals surface area contributed by atoms with Crippen LogP contribution in [0.5, 0.6) is 0 Å². The number of fused-ring (bicyclic) bond motifs is 1. The van der Waals surface area contributed by atoms with Crippen LogP contribution in [0.3, 0.4) is 0 Å². The summed E-state index contributed by atoms with van der Waals surface area (Å²) in [5.74, 6) is 0.0215. The molecule has 0 saturated carbocycles. The smallest absolute Gasteiger partial charge is 0.234 e. The Labute approximate surface area is 183 Å². The summed E-state index contributed by atoms with van der Waals surface area (Å²) in [6.07, 6.45) is 0.320. The molecule has 0 aliphatic carbocycles. The number of amides is 1. The molecule has 27 heavy (non-hydrogen) atoms. The average molecular weight is 465 g/mol. The molecule has 0 spiro atoms. The highest BCUT2D eigenvalue weighted by atomic mass is 35.5. The summed E-state index contributed by atoms with van der Waals surface area (Å²) >= 11 is 15.2. The fraction of sp³-hybridized carbons (Fsp3) is 0.333. The minimum Gasteiger partial charge on any atom is -0.308 e. The first-order valence-electron chi connectivity index (χ1n) is 8.10. The van der Waals surface area contributed by atoms with E-state index >= 15 is 0 Å². The number of rotatable bonds is 6. The number of aromatic nitrogens is 1. The lowest BCUT2D eigenvalue weighted by Crippen LogP contribution is -2.37. The van der Waals surface area contributed by atoms with Crippen molar-refractivity contribution >= 4 is 79.5 Å². The zero-order valence-corrected chi connectivity index (χ0v) is 19.1. The first-order valence-corrected chi connectivity index (χ1v) is 10.5. The van der Waals surface area contributed by atoms with E-state index < -0.39 is 0 Å². The fourth-order valence-corrected chi connectivity index (χ4v) is 4.82. The quantitative estimate of drug-likeness (QED) is 0.481. The third kappa shape index (κ3) is 5.34. The van der Waals surface area contributed by atoms with Gasteiger partial charge in [-0.1, -0.05) is 34.5 Å². The summed E-state index contributed by atoms with van der Waals surface area (Å²) in [5, 5.41) is 1.40. The van der Waals surface area contributed by atoms with Gasteiger partial charge >= 0.3 is 0 Å². The van der Waals surface area contributed by atoms with Crippen LogP contribution in [0.2, 0.25) is 9.36 Å². The molecule has 0 aliphatic rings. The molecule has 0 fully saturated rings. The number of benzene rings is 1. The van der Waals surface area contributed by atoms with Gasteiger partial charge in [-0.05, 0) is 50.8 Å². The summed E-state index contributed by atoms with van der Waals surface area (Å²) in [6.45, 7) is 3.29. The Bertz CT molecular complexity index is 939. The van der Waals surface area contributed by atoms with Crippen molar-refractivity contribution in [3.8, 4) is 0 Å². The highest BCUT2D eigenvalue weighted by Gasteiger charge is 2.21. The summed E-state index contributed by atoms with van der Waals surface area (Å²) in [5.41, 5.74) is 1.80. The lowest BCUT2D eigenvalue weighted by Gasteiger charge is -2.21. The van der Waals surface area contributed by atoms with Crippen LogP contribution in [0, 0.1) is 6.92 Å². The second kappa shape index (κ2) is 9.54. The molecule has 1 aromatic carbocycles. The molecule has 0 unspecified atom stereocenters. The van der Waals surface area contributed by atoms with Crippen LogP contribution in [-0.2, 0) is 11.2 Å². The molecule has 0 radical (unpaired) electrons. The molecular formula is C18H20Cl3N3OS2. The molecule has 2 heterocycles. The maximum atomic E-state index is 13.0. The largest absolute Gasteiger partial charge is 0.308 e. The molecule has 146 valence electrons. The molecule has 4 nitrogen and oxygen atoms in total. The van der Waals surface area contributed by atoms with Crippen LogP contribution in [0.1, 0.15) is 10.4 Å². The van der Waals surface area contributed by atoms with Crippen molar-refractivity contribution < 1.29 is 4.79 Å². The summed E-state index contributed by atoms with van der Waals surface area (Å²) in [4.78, 5) is 22.5. The number of halogens is 3. The van der Waals surface area contributed by atoms with E-state index in [4.69, 9.17) is 28.2 Å². The van der Waals surface area contributed by atoms with Crippen molar-refractivity contribution in [1.82, 2.24) is 9.88 Å². The van der Waals surface area contributed by atoms with Gasteiger partial charge in [-0.2, -0.15) is 0 Å². The molecule has 3 aromatic rings. The Morgan fingerprint density at radius 1 is 1.11 bits per heavy atom. The molecular weight excluding hydrogens is 445 g/mol. The van der Waals surface area contributed by atoms with Gasteiger partial charge in [0.25, 0.3) is 0 Å². The minimum atomic E-state index is 0. The van der Waals surface area contributed by atoms with Crippen molar-refractivity contribution in [2.75, 3.05) is 32.1 Å². The first-order chi connectivity index (χ1) is 12.3. The van der Waals surface area contributed by atoms with E-state index in [-0.39, 0.29) is 18.3 Å². The SMILES string of the molecule is Cc1c(Cl)ccc2sc(N(CCN(C)C)C(=O)Cc3ccc(Cl)s3)nc12.Cl. The standard InChI is InChI=1S/C18H19Cl2N3OS2.ClH/c1-11-13(19)5-6-14-17(11)21-18(26-14)23(9-8-22(2)3)16(24)10-12-4-7-15(20)25-12;/h4-7H,8-10H2,1-3H3;1H. The molecule has 0 bridgehead atoms. The van der Waals surface area contributed by atoms with Crippen molar-refractivity contribution in [3.63, 3.8) is 0 Å². The van der Waals surface area contributed by atoms with Crippen LogP contribution in [0.15, 0.2) is 24.3 Å². The van der Waals surface area contributed by atoms with Crippen LogP contribution in [0.4, 0.5) is 5.13 Å². The number of hydrogen-bond acceptors (Lipinski definition) is 5. The molecule has 9 heteroatoms. The van der Waals surface area contributed by atoms with Gasteiger partial charge in [0.05, 0.1) is 21.0 Å². The number of anilines is 1. The number of aryl methyl sites for hydroxylation is 1.